The zero-order valence-electron chi connectivity index (χ0n) is 13.3. The molecule has 0 N–H and O–H groups in total. The van der Waals surface area contributed by atoms with E-state index in [1.165, 1.54) is 23.5 Å². The van der Waals surface area contributed by atoms with Gasteiger partial charge in [0, 0.05) is 17.5 Å². The molecule has 4 rings (SSSR count). The highest BCUT2D eigenvalue weighted by Crippen LogP contribution is 2.30. The highest BCUT2D eigenvalue weighted by Gasteiger charge is 2.38. The van der Waals surface area contributed by atoms with Crippen LogP contribution in [0.3, 0.4) is 0 Å². The maximum absolute atomic E-state index is 13.0. The highest BCUT2D eigenvalue weighted by molar-refractivity contribution is 7.13. The fourth-order valence-corrected chi connectivity index (χ4v) is 4.43. The molecule has 0 bridgehead atoms. The summed E-state index contributed by atoms with van der Waals surface area (Å²) < 4.78 is 18.8. The summed E-state index contributed by atoms with van der Waals surface area (Å²) in [6.45, 7) is 1.31. The number of benzene rings is 1. The van der Waals surface area contributed by atoms with Gasteiger partial charge in [0.25, 0.3) is 0 Å². The van der Waals surface area contributed by atoms with E-state index in [1.54, 1.807) is 12.1 Å². The van der Waals surface area contributed by atoms with Crippen LogP contribution >= 0.6 is 11.3 Å². The quantitative estimate of drug-likeness (QED) is 0.857. The van der Waals surface area contributed by atoms with E-state index in [2.05, 4.69) is 4.98 Å². The fraction of sp³-hybridized carbons (Fsp3) is 0.444. The molecular weight excluding hydrogens is 327 g/mol. The first-order chi connectivity index (χ1) is 11.7. The van der Waals surface area contributed by atoms with Gasteiger partial charge < -0.3 is 9.64 Å². The number of hydrogen-bond donors (Lipinski definition) is 0. The first-order valence-corrected chi connectivity index (χ1v) is 9.20. The fourth-order valence-electron chi connectivity index (χ4n) is 3.61. The monoisotopic (exact) mass is 346 g/mol. The maximum atomic E-state index is 13.0. The Bertz CT molecular complexity index is 731. The van der Waals surface area contributed by atoms with Crippen LogP contribution < -0.4 is 0 Å². The molecule has 1 saturated heterocycles. The minimum atomic E-state index is -0.260. The molecule has 6 heteroatoms. The number of amides is 1. The lowest BCUT2D eigenvalue weighted by molar-refractivity contribution is -0.143. The Morgan fingerprint density at radius 1 is 1.33 bits per heavy atom. The van der Waals surface area contributed by atoms with Crippen LogP contribution in [0.4, 0.5) is 4.39 Å². The summed E-state index contributed by atoms with van der Waals surface area (Å²) in [6.07, 6.45) is 3.76. The van der Waals surface area contributed by atoms with Gasteiger partial charge in [0.1, 0.15) is 10.8 Å². The lowest BCUT2D eigenvalue weighted by atomic mass is 10.1. The predicted molar refractivity (Wildman–Crippen MR) is 90.3 cm³/mol. The summed E-state index contributed by atoms with van der Waals surface area (Å²) >= 11 is 1.49. The molecule has 24 heavy (non-hydrogen) atoms. The molecule has 1 aromatic heterocycles. The second-order valence-corrected chi connectivity index (χ2v) is 7.18. The third-order valence-corrected chi connectivity index (χ3v) is 5.72. The number of carbonyl (C=O) groups excluding carboxylic acids is 1. The Labute approximate surface area is 144 Å². The van der Waals surface area contributed by atoms with Crippen LogP contribution in [-0.2, 0) is 16.0 Å². The summed E-state index contributed by atoms with van der Waals surface area (Å²) in [4.78, 5) is 19.2. The van der Waals surface area contributed by atoms with Crippen molar-refractivity contribution in [3.05, 3.63) is 41.2 Å². The van der Waals surface area contributed by atoms with E-state index in [0.717, 1.165) is 35.5 Å². The minimum Gasteiger partial charge on any atom is -0.374 e. The van der Waals surface area contributed by atoms with E-state index in [-0.39, 0.29) is 23.9 Å². The normalized spacial score (nSPS) is 23.3. The summed E-state index contributed by atoms with van der Waals surface area (Å²) in [5, 5.41) is 2.74. The number of aromatic nitrogens is 1. The van der Waals surface area contributed by atoms with Crippen molar-refractivity contribution < 1.29 is 13.9 Å². The molecule has 2 fully saturated rings. The molecular formula is C18H19FN2O2S. The molecule has 1 aromatic carbocycles. The summed E-state index contributed by atoms with van der Waals surface area (Å²) in [5.74, 6) is -0.129. The number of morpholine rings is 1. The van der Waals surface area contributed by atoms with Crippen LogP contribution in [0.5, 0.6) is 0 Å². The summed E-state index contributed by atoms with van der Waals surface area (Å²) in [7, 11) is 0. The Morgan fingerprint density at radius 3 is 3.00 bits per heavy atom. The van der Waals surface area contributed by atoms with Gasteiger partial charge in [0.05, 0.1) is 30.9 Å². The molecule has 1 aliphatic heterocycles. The SMILES string of the molecule is O=C(Cc1csc(-c2ccc(F)cc2)n1)N1CCO[C@@H]2CCC[C@H]21. The van der Waals surface area contributed by atoms with Gasteiger partial charge in [-0.1, -0.05) is 0 Å². The van der Waals surface area contributed by atoms with Crippen LogP contribution in [0.1, 0.15) is 25.0 Å². The number of rotatable bonds is 3. The molecule has 2 heterocycles. The second-order valence-electron chi connectivity index (χ2n) is 6.32. The van der Waals surface area contributed by atoms with Crippen molar-refractivity contribution in [1.82, 2.24) is 9.88 Å². The van der Waals surface area contributed by atoms with E-state index in [9.17, 15) is 9.18 Å². The zero-order chi connectivity index (χ0) is 16.5. The summed E-state index contributed by atoms with van der Waals surface area (Å²) in [6, 6.07) is 6.52. The van der Waals surface area contributed by atoms with E-state index in [4.69, 9.17) is 4.74 Å². The molecule has 0 spiro atoms. The van der Waals surface area contributed by atoms with E-state index < -0.39 is 0 Å². The smallest absolute Gasteiger partial charge is 0.229 e. The second kappa shape index (κ2) is 6.61. The van der Waals surface area contributed by atoms with Crippen LogP contribution in [0.15, 0.2) is 29.6 Å². The van der Waals surface area contributed by atoms with Crippen molar-refractivity contribution in [2.75, 3.05) is 13.2 Å². The van der Waals surface area contributed by atoms with E-state index >= 15 is 0 Å². The van der Waals surface area contributed by atoms with Gasteiger partial charge in [-0.25, -0.2) is 9.37 Å². The van der Waals surface area contributed by atoms with Crippen LogP contribution in [0.2, 0.25) is 0 Å². The van der Waals surface area contributed by atoms with Crippen molar-refractivity contribution in [3.8, 4) is 10.6 Å². The van der Waals surface area contributed by atoms with Gasteiger partial charge in [0.2, 0.25) is 5.91 Å². The van der Waals surface area contributed by atoms with E-state index in [1.807, 2.05) is 10.3 Å². The van der Waals surface area contributed by atoms with Crippen LogP contribution in [0, 0.1) is 5.82 Å². The van der Waals surface area contributed by atoms with Gasteiger partial charge >= 0.3 is 0 Å². The standard InChI is InChI=1S/C18H19FN2O2S/c19-13-6-4-12(5-7-13)18-20-14(11-24-18)10-17(22)21-8-9-23-16-3-1-2-15(16)21/h4-7,11,15-16H,1-3,8-10H2/t15-,16-/m1/s1. The average molecular weight is 346 g/mol. The number of hydrogen-bond acceptors (Lipinski definition) is 4. The van der Waals surface area contributed by atoms with Gasteiger partial charge in [-0.3, -0.25) is 4.79 Å². The van der Waals surface area contributed by atoms with Crippen molar-refractivity contribution in [2.45, 2.75) is 37.8 Å². The molecule has 2 aromatic rings. The van der Waals surface area contributed by atoms with Gasteiger partial charge in [-0.2, -0.15) is 0 Å². The van der Waals surface area contributed by atoms with Gasteiger partial charge in [-0.15, -0.1) is 11.3 Å². The Hall–Kier alpha value is -1.79. The van der Waals surface area contributed by atoms with Crippen LogP contribution in [0.25, 0.3) is 10.6 Å². The molecule has 1 aliphatic carbocycles. The average Bonchev–Trinajstić information content (AvgIpc) is 3.24. The highest BCUT2D eigenvalue weighted by atomic mass is 32.1. The molecule has 0 unspecified atom stereocenters. The zero-order valence-corrected chi connectivity index (χ0v) is 14.1. The Kier molecular flexibility index (Phi) is 4.33. The Morgan fingerprint density at radius 2 is 2.17 bits per heavy atom. The number of ether oxygens (including phenoxy) is 1. The van der Waals surface area contributed by atoms with Gasteiger partial charge in [-0.05, 0) is 43.5 Å². The number of fused-ring (bicyclic) bond motifs is 1. The number of halogens is 1. The molecule has 1 amide bonds. The molecule has 4 nitrogen and oxygen atoms in total. The lowest BCUT2D eigenvalue weighted by Crippen LogP contribution is -2.51. The predicted octanol–water partition coefficient (Wildman–Crippen LogP) is 3.27. The molecule has 0 radical (unpaired) electrons. The number of thiazole rings is 1. The van der Waals surface area contributed by atoms with Crippen molar-refractivity contribution in [3.63, 3.8) is 0 Å². The van der Waals surface area contributed by atoms with E-state index in [0.29, 0.717) is 19.6 Å². The van der Waals surface area contributed by atoms with Gasteiger partial charge in [0.15, 0.2) is 0 Å². The molecule has 126 valence electrons. The molecule has 2 aliphatic rings. The topological polar surface area (TPSA) is 42.4 Å². The summed E-state index contributed by atoms with van der Waals surface area (Å²) in [5.41, 5.74) is 1.66. The Balaban J connectivity index is 1.45. The molecule has 1 saturated carbocycles. The minimum absolute atomic E-state index is 0.131. The first kappa shape index (κ1) is 15.7. The number of carbonyl (C=O) groups is 1. The molecule has 2 atom stereocenters. The van der Waals surface area contributed by atoms with Crippen molar-refractivity contribution in [2.24, 2.45) is 0 Å². The third-order valence-electron chi connectivity index (χ3n) is 4.78. The third kappa shape index (κ3) is 3.08. The maximum Gasteiger partial charge on any atom is 0.229 e. The first-order valence-electron chi connectivity index (χ1n) is 8.32. The lowest BCUT2D eigenvalue weighted by Gasteiger charge is -2.37. The van der Waals surface area contributed by atoms with Crippen molar-refractivity contribution >= 4 is 17.2 Å². The number of nitrogens with zero attached hydrogens (tertiary/aromatic N) is 2. The van der Waals surface area contributed by atoms with Crippen LogP contribution in [-0.4, -0.2) is 41.1 Å². The van der Waals surface area contributed by atoms with Crippen molar-refractivity contribution in [1.29, 1.82) is 0 Å². The largest absolute Gasteiger partial charge is 0.374 e.